The molecule has 1 aromatic heterocycles. The SMILES string of the molecule is COCC(Oc1ccc2c(C)cc(=O)oc2c1)C(=O)O. The van der Waals surface area contributed by atoms with Gasteiger partial charge in [-0.25, -0.2) is 9.59 Å². The van der Waals surface area contributed by atoms with Gasteiger partial charge in [0.25, 0.3) is 0 Å². The number of carbonyl (C=O) groups is 1. The summed E-state index contributed by atoms with van der Waals surface area (Å²) in [4.78, 5) is 22.3. The van der Waals surface area contributed by atoms with Gasteiger partial charge in [-0.15, -0.1) is 0 Å². The van der Waals surface area contributed by atoms with Gasteiger partial charge in [-0.3, -0.25) is 0 Å². The zero-order valence-electron chi connectivity index (χ0n) is 11.1. The summed E-state index contributed by atoms with van der Waals surface area (Å²) in [6.45, 7) is 1.72. The predicted octanol–water partition coefficient (Wildman–Crippen LogP) is 1.58. The second-order valence-corrected chi connectivity index (χ2v) is 4.31. The Hall–Kier alpha value is -2.34. The average molecular weight is 278 g/mol. The van der Waals surface area contributed by atoms with Crippen LogP contribution < -0.4 is 10.4 Å². The molecule has 1 N–H and O–H groups in total. The number of carboxylic acid groups (broad SMARTS) is 1. The smallest absolute Gasteiger partial charge is 0.347 e. The molecule has 0 aliphatic rings. The van der Waals surface area contributed by atoms with Gasteiger partial charge < -0.3 is 19.0 Å². The van der Waals surface area contributed by atoms with Crippen LogP contribution in [0.1, 0.15) is 5.56 Å². The number of hydrogen-bond acceptors (Lipinski definition) is 5. The van der Waals surface area contributed by atoms with E-state index in [-0.39, 0.29) is 6.61 Å². The third kappa shape index (κ3) is 2.97. The Morgan fingerprint density at radius 2 is 2.15 bits per heavy atom. The number of rotatable bonds is 5. The van der Waals surface area contributed by atoms with Crippen molar-refractivity contribution in [2.45, 2.75) is 13.0 Å². The minimum absolute atomic E-state index is 0.0782. The van der Waals surface area contributed by atoms with Crippen LogP contribution >= 0.6 is 0 Å². The van der Waals surface area contributed by atoms with Crippen LogP contribution in [0, 0.1) is 6.92 Å². The molecule has 2 aromatic rings. The van der Waals surface area contributed by atoms with Crippen LogP contribution in [0.25, 0.3) is 11.0 Å². The molecule has 20 heavy (non-hydrogen) atoms. The summed E-state index contributed by atoms with van der Waals surface area (Å²) >= 11 is 0. The molecule has 6 heteroatoms. The number of hydrogen-bond donors (Lipinski definition) is 1. The van der Waals surface area contributed by atoms with E-state index in [1.165, 1.54) is 19.2 Å². The lowest BCUT2D eigenvalue weighted by Gasteiger charge is -2.14. The first kappa shape index (κ1) is 14.1. The Morgan fingerprint density at radius 1 is 1.40 bits per heavy atom. The summed E-state index contributed by atoms with van der Waals surface area (Å²) in [6.07, 6.45) is -1.12. The molecule has 1 heterocycles. The summed E-state index contributed by atoms with van der Waals surface area (Å²) in [5, 5.41) is 9.76. The van der Waals surface area contributed by atoms with E-state index in [2.05, 4.69) is 0 Å². The third-order valence-electron chi connectivity index (χ3n) is 2.79. The van der Waals surface area contributed by atoms with Crippen LogP contribution in [0.3, 0.4) is 0 Å². The van der Waals surface area contributed by atoms with Gasteiger partial charge in [-0.1, -0.05) is 0 Å². The van der Waals surface area contributed by atoms with Crippen LogP contribution in [0.2, 0.25) is 0 Å². The number of aliphatic carboxylic acids is 1. The Morgan fingerprint density at radius 3 is 2.80 bits per heavy atom. The number of benzene rings is 1. The van der Waals surface area contributed by atoms with Crippen LogP contribution in [-0.4, -0.2) is 30.9 Å². The van der Waals surface area contributed by atoms with Crippen molar-refractivity contribution in [1.29, 1.82) is 0 Å². The molecule has 1 atom stereocenters. The van der Waals surface area contributed by atoms with Crippen LogP contribution in [0.15, 0.2) is 33.5 Å². The van der Waals surface area contributed by atoms with Crippen molar-refractivity contribution in [3.63, 3.8) is 0 Å². The number of carboxylic acids is 1. The van der Waals surface area contributed by atoms with E-state index in [4.69, 9.17) is 19.0 Å². The monoisotopic (exact) mass is 278 g/mol. The van der Waals surface area contributed by atoms with Gasteiger partial charge in [-0.2, -0.15) is 0 Å². The molecular weight excluding hydrogens is 264 g/mol. The van der Waals surface area contributed by atoms with Crippen molar-refractivity contribution in [2.75, 3.05) is 13.7 Å². The van der Waals surface area contributed by atoms with Gasteiger partial charge in [0.2, 0.25) is 6.10 Å². The summed E-state index contributed by atoms with van der Waals surface area (Å²) in [7, 11) is 1.39. The minimum atomic E-state index is -1.13. The molecule has 2 rings (SSSR count). The van der Waals surface area contributed by atoms with E-state index >= 15 is 0 Å². The van der Waals surface area contributed by atoms with Crippen molar-refractivity contribution in [1.82, 2.24) is 0 Å². The lowest BCUT2D eigenvalue weighted by Crippen LogP contribution is -2.31. The number of fused-ring (bicyclic) bond motifs is 1. The maximum absolute atomic E-state index is 11.3. The summed E-state index contributed by atoms with van der Waals surface area (Å²) < 4.78 is 15.2. The summed E-state index contributed by atoms with van der Waals surface area (Å²) in [6, 6.07) is 6.23. The Balaban J connectivity index is 2.36. The fourth-order valence-corrected chi connectivity index (χ4v) is 1.85. The Kier molecular flexibility index (Phi) is 4.05. The van der Waals surface area contributed by atoms with Crippen molar-refractivity contribution in [3.05, 3.63) is 40.2 Å². The molecule has 106 valence electrons. The van der Waals surface area contributed by atoms with Gasteiger partial charge in [0.1, 0.15) is 11.3 Å². The van der Waals surface area contributed by atoms with Crippen molar-refractivity contribution < 1.29 is 23.8 Å². The highest BCUT2D eigenvalue weighted by molar-refractivity contribution is 5.81. The third-order valence-corrected chi connectivity index (χ3v) is 2.79. The van der Waals surface area contributed by atoms with Gasteiger partial charge in [0, 0.05) is 24.6 Å². The summed E-state index contributed by atoms with van der Waals surface area (Å²) in [5.74, 6) is -0.826. The molecule has 0 saturated heterocycles. The molecule has 1 unspecified atom stereocenters. The molecule has 0 fully saturated rings. The van der Waals surface area contributed by atoms with Crippen molar-refractivity contribution >= 4 is 16.9 Å². The zero-order valence-corrected chi connectivity index (χ0v) is 11.1. The second kappa shape index (κ2) is 5.75. The average Bonchev–Trinajstić information content (AvgIpc) is 2.37. The molecule has 0 aliphatic carbocycles. The van der Waals surface area contributed by atoms with E-state index in [1.807, 2.05) is 0 Å². The standard InChI is InChI=1S/C14H14O6/c1-8-5-13(15)20-11-6-9(3-4-10(8)11)19-12(7-18-2)14(16)17/h3-6,12H,7H2,1-2H3,(H,16,17). The highest BCUT2D eigenvalue weighted by Crippen LogP contribution is 2.23. The molecule has 0 radical (unpaired) electrons. The number of aryl methyl sites for hydroxylation is 1. The molecule has 0 spiro atoms. The van der Waals surface area contributed by atoms with Gasteiger partial charge in [0.05, 0.1) is 6.61 Å². The first-order valence-corrected chi connectivity index (χ1v) is 5.94. The lowest BCUT2D eigenvalue weighted by atomic mass is 10.1. The maximum atomic E-state index is 11.3. The van der Waals surface area contributed by atoms with E-state index in [0.29, 0.717) is 11.3 Å². The highest BCUT2D eigenvalue weighted by Gasteiger charge is 2.19. The van der Waals surface area contributed by atoms with Crippen LogP contribution in [-0.2, 0) is 9.53 Å². The zero-order chi connectivity index (χ0) is 14.7. The first-order chi connectivity index (χ1) is 9.51. The molecular formula is C14H14O6. The minimum Gasteiger partial charge on any atom is -0.478 e. The van der Waals surface area contributed by atoms with E-state index in [1.54, 1.807) is 19.1 Å². The van der Waals surface area contributed by atoms with Gasteiger partial charge >= 0.3 is 11.6 Å². The molecule has 0 aliphatic heterocycles. The molecule has 0 bridgehead atoms. The normalized spacial score (nSPS) is 12.3. The Labute approximate surface area is 114 Å². The fourth-order valence-electron chi connectivity index (χ4n) is 1.85. The quantitative estimate of drug-likeness (QED) is 0.836. The largest absolute Gasteiger partial charge is 0.478 e. The van der Waals surface area contributed by atoms with Crippen molar-refractivity contribution in [3.8, 4) is 5.75 Å². The number of methoxy groups -OCH3 is 1. The van der Waals surface area contributed by atoms with E-state index < -0.39 is 17.7 Å². The topological polar surface area (TPSA) is 86.0 Å². The van der Waals surface area contributed by atoms with Crippen LogP contribution in [0.4, 0.5) is 0 Å². The first-order valence-electron chi connectivity index (χ1n) is 5.94. The fraction of sp³-hybridized carbons (Fsp3) is 0.286. The summed E-state index contributed by atoms with van der Waals surface area (Å²) in [5.41, 5.74) is 0.683. The van der Waals surface area contributed by atoms with Gasteiger partial charge in [0.15, 0.2) is 0 Å². The Bertz CT molecular complexity index is 688. The van der Waals surface area contributed by atoms with Crippen molar-refractivity contribution in [2.24, 2.45) is 0 Å². The molecule has 1 aromatic carbocycles. The molecule has 6 nitrogen and oxygen atoms in total. The van der Waals surface area contributed by atoms with E-state index in [9.17, 15) is 9.59 Å². The van der Waals surface area contributed by atoms with Crippen LogP contribution in [0.5, 0.6) is 5.75 Å². The maximum Gasteiger partial charge on any atom is 0.347 e. The highest BCUT2D eigenvalue weighted by atomic mass is 16.5. The second-order valence-electron chi connectivity index (χ2n) is 4.31. The van der Waals surface area contributed by atoms with Gasteiger partial charge in [-0.05, 0) is 24.6 Å². The van der Waals surface area contributed by atoms with E-state index in [0.717, 1.165) is 10.9 Å². The molecule has 0 amide bonds. The lowest BCUT2D eigenvalue weighted by molar-refractivity contribution is -0.147. The number of ether oxygens (including phenoxy) is 2. The predicted molar refractivity (Wildman–Crippen MR) is 71.1 cm³/mol. The molecule has 0 saturated carbocycles.